The number of thioether (sulfide) groups is 1. The number of rotatable bonds is 4. The Bertz CT molecular complexity index is 522. The maximum Gasteiger partial charge on any atom is 0.305 e. The molecule has 1 aliphatic rings. The highest BCUT2D eigenvalue weighted by atomic mass is 32.2. The van der Waals surface area contributed by atoms with Crippen LogP contribution in [0, 0.1) is 0 Å². The zero-order valence-electron chi connectivity index (χ0n) is 9.16. The maximum absolute atomic E-state index is 12.0. The van der Waals surface area contributed by atoms with Gasteiger partial charge in [0.25, 0.3) is 5.91 Å². The zero-order chi connectivity index (χ0) is 13.1. The quantitative estimate of drug-likeness (QED) is 0.683. The molecule has 1 fully saturated rings. The fourth-order valence-corrected chi connectivity index (χ4v) is 3.43. The minimum atomic E-state index is -0.939. The summed E-state index contributed by atoms with van der Waals surface area (Å²) in [4.78, 5) is 25.4. The lowest BCUT2D eigenvalue weighted by Crippen LogP contribution is -2.30. The third-order valence-electron chi connectivity index (χ3n) is 2.24. The van der Waals surface area contributed by atoms with Crippen LogP contribution in [0.1, 0.15) is 11.3 Å². The Morgan fingerprint density at radius 1 is 1.56 bits per heavy atom. The number of thiophene rings is 1. The van der Waals surface area contributed by atoms with Gasteiger partial charge in [-0.25, -0.2) is 0 Å². The standard InChI is InChI=1S/C11H9NO3S3/c13-9(14)3-4-12-10(15)8(18-11(12)16)6-7-2-1-5-17-7/h1-2,5-6H,3-4H2,(H,13,14)/b8-6-. The van der Waals surface area contributed by atoms with Crippen molar-refractivity contribution in [3.63, 3.8) is 0 Å². The Balaban J connectivity index is 2.11. The van der Waals surface area contributed by atoms with Crippen LogP contribution in [0.5, 0.6) is 0 Å². The smallest absolute Gasteiger partial charge is 0.305 e. The summed E-state index contributed by atoms with van der Waals surface area (Å²) < 4.78 is 0.420. The molecule has 18 heavy (non-hydrogen) atoms. The summed E-state index contributed by atoms with van der Waals surface area (Å²) in [5.74, 6) is -1.15. The van der Waals surface area contributed by atoms with Gasteiger partial charge in [-0.2, -0.15) is 0 Å². The van der Waals surface area contributed by atoms with Gasteiger partial charge in [0, 0.05) is 11.4 Å². The Labute approximate surface area is 117 Å². The van der Waals surface area contributed by atoms with Gasteiger partial charge in [-0.05, 0) is 17.5 Å². The summed E-state index contributed by atoms with van der Waals surface area (Å²) in [6.45, 7) is 0.127. The number of carboxylic acid groups (broad SMARTS) is 1. The minimum Gasteiger partial charge on any atom is -0.481 e. The molecule has 0 unspecified atom stereocenters. The molecule has 2 heterocycles. The Kier molecular flexibility index (Phi) is 4.15. The summed E-state index contributed by atoms with van der Waals surface area (Å²) in [5.41, 5.74) is 0. The van der Waals surface area contributed by atoms with E-state index in [1.807, 2.05) is 17.5 Å². The van der Waals surface area contributed by atoms with E-state index in [0.717, 1.165) is 4.88 Å². The molecule has 0 radical (unpaired) electrons. The average Bonchev–Trinajstić information content (AvgIpc) is 2.88. The summed E-state index contributed by atoms with van der Waals surface area (Å²) >= 11 is 7.83. The van der Waals surface area contributed by atoms with E-state index in [4.69, 9.17) is 17.3 Å². The largest absolute Gasteiger partial charge is 0.481 e. The van der Waals surface area contributed by atoms with Crippen molar-refractivity contribution in [2.24, 2.45) is 0 Å². The predicted molar refractivity (Wildman–Crippen MR) is 76.5 cm³/mol. The minimum absolute atomic E-state index is 0.0985. The molecular weight excluding hydrogens is 290 g/mol. The van der Waals surface area contributed by atoms with Gasteiger partial charge >= 0.3 is 5.97 Å². The molecule has 0 spiro atoms. The lowest BCUT2D eigenvalue weighted by Gasteiger charge is -2.12. The molecule has 1 saturated heterocycles. The lowest BCUT2D eigenvalue weighted by molar-refractivity contribution is -0.137. The molecule has 1 N–H and O–H groups in total. The topological polar surface area (TPSA) is 57.6 Å². The Morgan fingerprint density at radius 2 is 2.33 bits per heavy atom. The lowest BCUT2D eigenvalue weighted by atomic mass is 10.3. The third-order valence-corrected chi connectivity index (χ3v) is 4.44. The molecule has 0 aliphatic carbocycles. The summed E-state index contributed by atoms with van der Waals surface area (Å²) in [5, 5.41) is 10.5. The highest BCUT2D eigenvalue weighted by molar-refractivity contribution is 8.26. The van der Waals surface area contributed by atoms with E-state index in [0.29, 0.717) is 9.23 Å². The van der Waals surface area contributed by atoms with Crippen molar-refractivity contribution in [2.45, 2.75) is 6.42 Å². The molecule has 1 amide bonds. The predicted octanol–water partition coefficient (Wildman–Crippen LogP) is 2.42. The van der Waals surface area contributed by atoms with E-state index in [9.17, 15) is 9.59 Å². The van der Waals surface area contributed by atoms with Crippen LogP contribution < -0.4 is 0 Å². The molecule has 1 aromatic heterocycles. The fraction of sp³-hybridized carbons (Fsp3) is 0.182. The first-order valence-corrected chi connectivity index (χ1v) is 7.19. The summed E-state index contributed by atoms with van der Waals surface area (Å²) in [7, 11) is 0. The Morgan fingerprint density at radius 3 is 2.94 bits per heavy atom. The van der Waals surface area contributed by atoms with Crippen LogP contribution in [-0.2, 0) is 9.59 Å². The number of carbonyl (C=O) groups is 2. The second kappa shape index (κ2) is 5.64. The van der Waals surface area contributed by atoms with Gasteiger partial charge in [-0.1, -0.05) is 30.0 Å². The number of amides is 1. The first kappa shape index (κ1) is 13.3. The van der Waals surface area contributed by atoms with Gasteiger partial charge in [0.05, 0.1) is 11.3 Å². The van der Waals surface area contributed by atoms with Crippen molar-refractivity contribution in [3.8, 4) is 0 Å². The van der Waals surface area contributed by atoms with Crippen LogP contribution in [0.3, 0.4) is 0 Å². The SMILES string of the molecule is O=C(O)CCN1C(=O)/C(=C/c2cccs2)SC1=S. The van der Waals surface area contributed by atoms with Gasteiger partial charge in [-0.3, -0.25) is 14.5 Å². The maximum atomic E-state index is 12.0. The van der Waals surface area contributed by atoms with Crippen LogP contribution in [0.25, 0.3) is 6.08 Å². The molecule has 4 nitrogen and oxygen atoms in total. The monoisotopic (exact) mass is 299 g/mol. The number of hydrogen-bond acceptors (Lipinski definition) is 5. The Hall–Kier alpha value is -1.18. The molecule has 94 valence electrons. The van der Waals surface area contributed by atoms with E-state index in [-0.39, 0.29) is 18.9 Å². The molecule has 0 aromatic carbocycles. The van der Waals surface area contributed by atoms with Crippen molar-refractivity contribution in [2.75, 3.05) is 6.54 Å². The number of thiocarbonyl (C=S) groups is 1. The van der Waals surface area contributed by atoms with Crippen LogP contribution in [0.4, 0.5) is 0 Å². The summed E-state index contributed by atoms with van der Waals surface area (Å²) in [6.07, 6.45) is 1.68. The van der Waals surface area contributed by atoms with Gasteiger partial charge in [0.1, 0.15) is 4.32 Å². The molecule has 1 aromatic rings. The van der Waals surface area contributed by atoms with Crippen molar-refractivity contribution in [1.82, 2.24) is 4.90 Å². The second-order valence-electron chi connectivity index (χ2n) is 3.49. The highest BCUT2D eigenvalue weighted by Crippen LogP contribution is 2.33. The van der Waals surface area contributed by atoms with Crippen molar-refractivity contribution >= 4 is 57.6 Å². The molecule has 7 heteroatoms. The molecule has 0 bridgehead atoms. The molecule has 2 rings (SSSR count). The zero-order valence-corrected chi connectivity index (χ0v) is 11.6. The van der Waals surface area contributed by atoms with Gasteiger partial charge in [-0.15, -0.1) is 11.3 Å². The van der Waals surface area contributed by atoms with Crippen LogP contribution >= 0.6 is 35.3 Å². The van der Waals surface area contributed by atoms with Crippen LogP contribution in [-0.4, -0.2) is 32.7 Å². The van der Waals surface area contributed by atoms with Gasteiger partial charge in [0.2, 0.25) is 0 Å². The van der Waals surface area contributed by atoms with E-state index in [1.165, 1.54) is 28.0 Å². The summed E-state index contributed by atoms with van der Waals surface area (Å²) in [6, 6.07) is 3.82. The first-order chi connectivity index (χ1) is 8.58. The van der Waals surface area contributed by atoms with Crippen molar-refractivity contribution in [3.05, 3.63) is 27.3 Å². The number of carboxylic acids is 1. The molecular formula is C11H9NO3S3. The highest BCUT2D eigenvalue weighted by Gasteiger charge is 2.32. The van der Waals surface area contributed by atoms with Crippen LogP contribution in [0.15, 0.2) is 22.4 Å². The van der Waals surface area contributed by atoms with E-state index >= 15 is 0 Å². The van der Waals surface area contributed by atoms with Crippen molar-refractivity contribution in [1.29, 1.82) is 0 Å². The average molecular weight is 299 g/mol. The number of aliphatic carboxylic acids is 1. The normalized spacial score (nSPS) is 17.8. The number of hydrogen-bond donors (Lipinski definition) is 1. The van der Waals surface area contributed by atoms with E-state index in [1.54, 1.807) is 6.08 Å². The first-order valence-electron chi connectivity index (χ1n) is 5.08. The number of carbonyl (C=O) groups excluding carboxylic acids is 1. The molecule has 0 atom stereocenters. The van der Waals surface area contributed by atoms with Gasteiger partial charge in [0.15, 0.2) is 0 Å². The second-order valence-corrected chi connectivity index (χ2v) is 6.15. The fourth-order valence-electron chi connectivity index (χ4n) is 1.40. The molecule has 1 aliphatic heterocycles. The third kappa shape index (κ3) is 2.98. The van der Waals surface area contributed by atoms with E-state index in [2.05, 4.69) is 0 Å². The van der Waals surface area contributed by atoms with Crippen molar-refractivity contribution < 1.29 is 14.7 Å². The van der Waals surface area contributed by atoms with Gasteiger partial charge < -0.3 is 5.11 Å². The number of nitrogens with zero attached hydrogens (tertiary/aromatic N) is 1. The van der Waals surface area contributed by atoms with Crippen LogP contribution in [0.2, 0.25) is 0 Å². The molecule has 0 saturated carbocycles. The van der Waals surface area contributed by atoms with E-state index < -0.39 is 5.97 Å².